The van der Waals surface area contributed by atoms with Crippen molar-refractivity contribution < 1.29 is 4.79 Å². The first-order chi connectivity index (χ1) is 10.0. The average molecular weight is 356 g/mol. The number of carbonyl (C=O) groups is 1. The van der Waals surface area contributed by atoms with Crippen LogP contribution in [0.25, 0.3) is 0 Å². The van der Waals surface area contributed by atoms with Crippen molar-refractivity contribution in [1.82, 2.24) is 9.88 Å². The Hall–Kier alpha value is -1.10. The zero-order valence-corrected chi connectivity index (χ0v) is 15.0. The van der Waals surface area contributed by atoms with Crippen LogP contribution in [0.5, 0.6) is 0 Å². The van der Waals surface area contributed by atoms with Crippen molar-refractivity contribution in [1.29, 1.82) is 0 Å². The summed E-state index contributed by atoms with van der Waals surface area (Å²) in [5.41, 5.74) is 0.641. The van der Waals surface area contributed by atoms with Gasteiger partial charge in [0, 0.05) is 29.8 Å². The number of amides is 1. The van der Waals surface area contributed by atoms with Gasteiger partial charge in [0.1, 0.15) is 5.82 Å². The lowest BCUT2D eigenvalue weighted by atomic mass is 10.1. The summed E-state index contributed by atoms with van der Waals surface area (Å²) in [6, 6.07) is 2.09. The molecule has 0 fully saturated rings. The van der Waals surface area contributed by atoms with E-state index in [-0.39, 0.29) is 11.9 Å². The normalized spacial score (nSPS) is 12.0. The van der Waals surface area contributed by atoms with Crippen LogP contribution in [-0.2, 0) is 0 Å². The first-order valence-electron chi connectivity index (χ1n) is 7.75. The maximum Gasteiger partial charge on any atom is 0.257 e. The molecule has 4 nitrogen and oxygen atoms in total. The molecule has 0 saturated carbocycles. The fourth-order valence-corrected chi connectivity index (χ4v) is 2.47. The van der Waals surface area contributed by atoms with Crippen LogP contribution in [0.4, 0.5) is 5.82 Å². The monoisotopic (exact) mass is 355 g/mol. The van der Waals surface area contributed by atoms with Gasteiger partial charge in [0.15, 0.2) is 0 Å². The molecule has 0 aromatic carbocycles. The third kappa shape index (κ3) is 4.99. The molecule has 1 heterocycles. The van der Waals surface area contributed by atoms with Crippen LogP contribution >= 0.6 is 15.9 Å². The number of carbonyl (C=O) groups excluding carboxylic acids is 1. The first kappa shape index (κ1) is 18.0. The molecule has 1 N–H and O–H groups in total. The van der Waals surface area contributed by atoms with Crippen molar-refractivity contribution in [3.05, 3.63) is 22.3 Å². The zero-order valence-electron chi connectivity index (χ0n) is 13.4. The summed E-state index contributed by atoms with van der Waals surface area (Å²) >= 11 is 3.41. The molecule has 1 amide bonds. The van der Waals surface area contributed by atoms with E-state index < -0.39 is 0 Å². The zero-order chi connectivity index (χ0) is 15.8. The van der Waals surface area contributed by atoms with Gasteiger partial charge < -0.3 is 10.2 Å². The smallest absolute Gasteiger partial charge is 0.257 e. The van der Waals surface area contributed by atoms with Crippen molar-refractivity contribution >= 4 is 27.7 Å². The summed E-state index contributed by atoms with van der Waals surface area (Å²) in [5, 5.41) is 3.17. The lowest BCUT2D eigenvalue weighted by molar-refractivity contribution is 0.0686. The van der Waals surface area contributed by atoms with Gasteiger partial charge in [-0.2, -0.15) is 0 Å². The molecule has 0 saturated heterocycles. The lowest BCUT2D eigenvalue weighted by Crippen LogP contribution is -2.39. The first-order valence-corrected chi connectivity index (χ1v) is 8.54. The van der Waals surface area contributed by atoms with Gasteiger partial charge in [0.2, 0.25) is 0 Å². The SMILES string of the molecule is CCCCN(C(=O)c1cc(Br)cnc1NCC)C(C)CC. The molecule has 1 unspecified atom stereocenters. The summed E-state index contributed by atoms with van der Waals surface area (Å²) in [6.07, 6.45) is 4.77. The van der Waals surface area contributed by atoms with Crippen LogP contribution in [0.3, 0.4) is 0 Å². The Morgan fingerprint density at radius 2 is 2.14 bits per heavy atom. The highest BCUT2D eigenvalue weighted by molar-refractivity contribution is 9.10. The molecule has 0 radical (unpaired) electrons. The van der Waals surface area contributed by atoms with E-state index in [0.717, 1.165) is 36.8 Å². The predicted octanol–water partition coefficient (Wildman–Crippen LogP) is 4.32. The molecule has 0 aliphatic heterocycles. The van der Waals surface area contributed by atoms with Crippen LogP contribution in [0.1, 0.15) is 57.3 Å². The van der Waals surface area contributed by atoms with Crippen molar-refractivity contribution in [3.63, 3.8) is 0 Å². The number of unbranched alkanes of at least 4 members (excludes halogenated alkanes) is 1. The second-order valence-corrected chi connectivity index (χ2v) is 6.11. The van der Waals surface area contributed by atoms with Gasteiger partial charge in [-0.25, -0.2) is 4.98 Å². The molecule has 1 atom stereocenters. The minimum atomic E-state index is 0.0579. The van der Waals surface area contributed by atoms with E-state index in [9.17, 15) is 4.79 Å². The van der Waals surface area contributed by atoms with Crippen molar-refractivity contribution in [2.45, 2.75) is 53.0 Å². The number of pyridine rings is 1. The summed E-state index contributed by atoms with van der Waals surface area (Å²) in [6.45, 7) is 9.90. The number of nitrogens with one attached hydrogen (secondary N) is 1. The summed E-state index contributed by atoms with van der Waals surface area (Å²) in [7, 11) is 0. The largest absolute Gasteiger partial charge is 0.370 e. The highest BCUT2D eigenvalue weighted by Gasteiger charge is 2.23. The van der Waals surface area contributed by atoms with Crippen LogP contribution in [0.2, 0.25) is 0 Å². The van der Waals surface area contributed by atoms with E-state index >= 15 is 0 Å². The molecule has 1 aromatic rings. The second-order valence-electron chi connectivity index (χ2n) is 5.19. The molecule has 0 bridgehead atoms. The maximum atomic E-state index is 12.9. The molecule has 0 aliphatic rings. The Morgan fingerprint density at radius 1 is 1.43 bits per heavy atom. The van der Waals surface area contributed by atoms with Crippen molar-refractivity contribution in [3.8, 4) is 0 Å². The summed E-state index contributed by atoms with van der Waals surface area (Å²) in [5.74, 6) is 0.720. The second kappa shape index (κ2) is 9.03. The van der Waals surface area contributed by atoms with E-state index in [1.54, 1.807) is 6.20 Å². The van der Waals surface area contributed by atoms with Gasteiger partial charge in [0.05, 0.1) is 5.56 Å². The van der Waals surface area contributed by atoms with Crippen molar-refractivity contribution in [2.24, 2.45) is 0 Å². The summed E-state index contributed by atoms with van der Waals surface area (Å²) in [4.78, 5) is 19.2. The Morgan fingerprint density at radius 3 is 2.71 bits per heavy atom. The van der Waals surface area contributed by atoms with Gasteiger partial charge in [-0.05, 0) is 48.7 Å². The molecule has 21 heavy (non-hydrogen) atoms. The van der Waals surface area contributed by atoms with Crippen molar-refractivity contribution in [2.75, 3.05) is 18.4 Å². The molecule has 1 aromatic heterocycles. The van der Waals surface area contributed by atoms with Gasteiger partial charge in [-0.1, -0.05) is 20.3 Å². The van der Waals surface area contributed by atoms with Gasteiger partial charge in [-0.3, -0.25) is 4.79 Å². The Bertz CT molecular complexity index is 465. The van der Waals surface area contributed by atoms with Crippen LogP contribution in [-0.4, -0.2) is 34.9 Å². The van der Waals surface area contributed by atoms with Gasteiger partial charge in [-0.15, -0.1) is 0 Å². The fraction of sp³-hybridized carbons (Fsp3) is 0.625. The number of nitrogens with zero attached hydrogens (tertiary/aromatic N) is 2. The van der Waals surface area contributed by atoms with E-state index in [1.807, 2.05) is 17.9 Å². The summed E-state index contributed by atoms with van der Waals surface area (Å²) < 4.78 is 0.826. The van der Waals surface area contributed by atoms with Crippen LogP contribution in [0, 0.1) is 0 Å². The third-order valence-corrected chi connectivity index (χ3v) is 4.00. The van der Waals surface area contributed by atoms with E-state index in [0.29, 0.717) is 11.4 Å². The van der Waals surface area contributed by atoms with E-state index in [2.05, 4.69) is 47.0 Å². The van der Waals surface area contributed by atoms with Crippen LogP contribution in [0.15, 0.2) is 16.7 Å². The van der Waals surface area contributed by atoms with Gasteiger partial charge in [0.25, 0.3) is 5.91 Å². The molecule has 118 valence electrons. The molecule has 5 heteroatoms. The maximum absolute atomic E-state index is 12.9. The standard InChI is InChI=1S/C16H26BrN3O/c1-5-8-9-20(12(4)6-2)16(21)14-10-13(17)11-19-15(14)18-7-3/h10-12H,5-9H2,1-4H3,(H,18,19). The lowest BCUT2D eigenvalue weighted by Gasteiger charge is -2.29. The molecular formula is C16H26BrN3O. The predicted molar refractivity (Wildman–Crippen MR) is 91.8 cm³/mol. The average Bonchev–Trinajstić information content (AvgIpc) is 2.49. The molecule has 0 aliphatic carbocycles. The number of anilines is 1. The molecule has 0 spiro atoms. The minimum absolute atomic E-state index is 0.0579. The minimum Gasteiger partial charge on any atom is -0.370 e. The fourth-order valence-electron chi connectivity index (χ4n) is 2.14. The van der Waals surface area contributed by atoms with E-state index in [1.165, 1.54) is 0 Å². The highest BCUT2D eigenvalue weighted by Crippen LogP contribution is 2.21. The number of halogens is 1. The molecule has 1 rings (SSSR count). The Kier molecular flexibility index (Phi) is 7.72. The highest BCUT2D eigenvalue weighted by atomic mass is 79.9. The molecular weight excluding hydrogens is 330 g/mol. The third-order valence-electron chi connectivity index (χ3n) is 3.57. The van der Waals surface area contributed by atoms with Crippen LogP contribution < -0.4 is 5.32 Å². The number of aromatic nitrogens is 1. The number of rotatable bonds is 8. The number of hydrogen-bond donors (Lipinski definition) is 1. The Balaban J connectivity index is 3.09. The van der Waals surface area contributed by atoms with E-state index in [4.69, 9.17) is 0 Å². The Labute approximate surface area is 136 Å². The number of hydrogen-bond acceptors (Lipinski definition) is 3. The quantitative estimate of drug-likeness (QED) is 0.755. The topological polar surface area (TPSA) is 45.2 Å². The van der Waals surface area contributed by atoms with Gasteiger partial charge >= 0.3 is 0 Å².